The van der Waals surface area contributed by atoms with Crippen molar-refractivity contribution in [2.24, 2.45) is 5.92 Å². The van der Waals surface area contributed by atoms with Crippen molar-refractivity contribution >= 4 is 5.91 Å². The zero-order chi connectivity index (χ0) is 14.8. The SMILES string of the molecule is CN(CC(=O)N1CCOC2CCCCC21)CC(O)C1CC1. The zero-order valence-corrected chi connectivity index (χ0v) is 13.0. The lowest BCUT2D eigenvalue weighted by atomic mass is 9.90. The molecule has 3 aliphatic rings. The number of carbonyl (C=O) groups is 1. The van der Waals surface area contributed by atoms with Crippen LogP contribution in [0.4, 0.5) is 0 Å². The predicted molar refractivity (Wildman–Crippen MR) is 79.9 cm³/mol. The topological polar surface area (TPSA) is 53.0 Å². The van der Waals surface area contributed by atoms with E-state index in [4.69, 9.17) is 4.74 Å². The summed E-state index contributed by atoms with van der Waals surface area (Å²) in [6.45, 7) is 2.40. The minimum absolute atomic E-state index is 0.195. The van der Waals surface area contributed by atoms with Gasteiger partial charge in [0.2, 0.25) is 5.91 Å². The number of nitrogens with zero attached hydrogens (tertiary/aromatic N) is 2. The number of aliphatic hydroxyl groups excluding tert-OH is 1. The van der Waals surface area contributed by atoms with Crippen LogP contribution in [-0.4, -0.2) is 72.4 Å². The number of hydrogen-bond donors (Lipinski definition) is 1. The van der Waals surface area contributed by atoms with Gasteiger partial charge in [0.1, 0.15) is 0 Å². The van der Waals surface area contributed by atoms with Crippen molar-refractivity contribution in [2.75, 3.05) is 33.3 Å². The predicted octanol–water partition coefficient (Wildman–Crippen LogP) is 0.859. The van der Waals surface area contributed by atoms with Crippen molar-refractivity contribution in [3.05, 3.63) is 0 Å². The molecule has 1 amide bonds. The number of hydrogen-bond acceptors (Lipinski definition) is 4. The fraction of sp³-hybridized carbons (Fsp3) is 0.938. The quantitative estimate of drug-likeness (QED) is 0.817. The van der Waals surface area contributed by atoms with Gasteiger partial charge >= 0.3 is 0 Å². The van der Waals surface area contributed by atoms with Crippen LogP contribution in [0.15, 0.2) is 0 Å². The van der Waals surface area contributed by atoms with E-state index in [9.17, 15) is 9.90 Å². The van der Waals surface area contributed by atoms with E-state index in [2.05, 4.69) is 0 Å². The minimum atomic E-state index is -0.269. The molecule has 3 fully saturated rings. The zero-order valence-electron chi connectivity index (χ0n) is 13.0. The molecule has 3 unspecified atom stereocenters. The molecule has 5 nitrogen and oxygen atoms in total. The molecule has 0 spiro atoms. The Hall–Kier alpha value is -0.650. The number of amides is 1. The Balaban J connectivity index is 1.51. The van der Waals surface area contributed by atoms with Crippen molar-refractivity contribution in [3.63, 3.8) is 0 Å². The molecule has 3 atom stereocenters. The standard InChI is InChI=1S/C16H28N2O3/c1-17(10-14(19)12-6-7-12)11-16(20)18-8-9-21-15-5-3-2-4-13(15)18/h12-15,19H,2-11H2,1H3. The van der Waals surface area contributed by atoms with Crippen molar-refractivity contribution in [1.29, 1.82) is 0 Å². The summed E-state index contributed by atoms with van der Waals surface area (Å²) in [6, 6.07) is 0.279. The molecule has 0 bridgehead atoms. The van der Waals surface area contributed by atoms with Gasteiger partial charge in [-0.1, -0.05) is 12.8 Å². The molecule has 2 aliphatic carbocycles. The molecule has 0 aromatic carbocycles. The van der Waals surface area contributed by atoms with Gasteiger partial charge in [-0.05, 0) is 38.6 Å². The Labute approximate surface area is 127 Å². The lowest BCUT2D eigenvalue weighted by molar-refractivity contribution is -0.150. The largest absolute Gasteiger partial charge is 0.392 e. The molecule has 0 aromatic rings. The van der Waals surface area contributed by atoms with E-state index >= 15 is 0 Å². The maximum atomic E-state index is 12.6. The summed E-state index contributed by atoms with van der Waals surface area (Å²) in [7, 11) is 1.93. The first-order valence-electron chi connectivity index (χ1n) is 8.43. The Bertz CT molecular complexity index is 371. The van der Waals surface area contributed by atoms with E-state index in [0.717, 1.165) is 32.2 Å². The number of rotatable bonds is 5. The van der Waals surface area contributed by atoms with E-state index in [1.807, 2.05) is 16.8 Å². The van der Waals surface area contributed by atoms with Crippen molar-refractivity contribution in [1.82, 2.24) is 9.80 Å². The third-order valence-electron chi connectivity index (χ3n) is 5.12. The van der Waals surface area contributed by atoms with Crippen molar-refractivity contribution < 1.29 is 14.6 Å². The maximum Gasteiger partial charge on any atom is 0.237 e. The highest BCUT2D eigenvalue weighted by Gasteiger charge is 2.37. The van der Waals surface area contributed by atoms with E-state index < -0.39 is 0 Å². The first-order valence-corrected chi connectivity index (χ1v) is 8.43. The van der Waals surface area contributed by atoms with Crippen LogP contribution in [0.25, 0.3) is 0 Å². The summed E-state index contributed by atoms with van der Waals surface area (Å²) in [4.78, 5) is 16.6. The van der Waals surface area contributed by atoms with Crippen LogP contribution < -0.4 is 0 Å². The molecule has 21 heavy (non-hydrogen) atoms. The molecule has 1 saturated heterocycles. The average Bonchev–Trinajstić information content (AvgIpc) is 3.31. The van der Waals surface area contributed by atoms with Crippen molar-refractivity contribution in [3.8, 4) is 0 Å². The van der Waals surface area contributed by atoms with E-state index in [0.29, 0.717) is 25.6 Å². The van der Waals surface area contributed by atoms with Gasteiger partial charge in [0, 0.05) is 13.1 Å². The van der Waals surface area contributed by atoms with Gasteiger partial charge in [-0.15, -0.1) is 0 Å². The minimum Gasteiger partial charge on any atom is -0.392 e. The van der Waals surface area contributed by atoms with Gasteiger partial charge < -0.3 is 14.7 Å². The smallest absolute Gasteiger partial charge is 0.237 e. The second-order valence-corrected chi connectivity index (χ2v) is 6.95. The summed E-state index contributed by atoms with van der Waals surface area (Å²) in [5, 5.41) is 9.98. The van der Waals surface area contributed by atoms with E-state index in [1.165, 1.54) is 12.8 Å². The van der Waals surface area contributed by atoms with E-state index in [1.54, 1.807) is 0 Å². The molecule has 3 rings (SSSR count). The van der Waals surface area contributed by atoms with Crippen LogP contribution >= 0.6 is 0 Å². The molecular weight excluding hydrogens is 268 g/mol. The number of ether oxygens (including phenoxy) is 1. The van der Waals surface area contributed by atoms with Crippen LogP contribution in [0.3, 0.4) is 0 Å². The number of fused-ring (bicyclic) bond motifs is 1. The molecule has 1 aliphatic heterocycles. The number of likely N-dealkylation sites (N-methyl/N-ethyl adjacent to an activating group) is 1. The van der Waals surface area contributed by atoms with Crippen LogP contribution in [0.5, 0.6) is 0 Å². The van der Waals surface area contributed by atoms with Crippen LogP contribution in [0, 0.1) is 5.92 Å². The molecule has 120 valence electrons. The summed E-state index contributed by atoms with van der Waals surface area (Å²) < 4.78 is 5.82. The first kappa shape index (κ1) is 15.3. The summed E-state index contributed by atoms with van der Waals surface area (Å²) in [5.41, 5.74) is 0. The Kier molecular flexibility index (Phi) is 4.82. The van der Waals surface area contributed by atoms with Gasteiger partial charge in [-0.2, -0.15) is 0 Å². The number of aliphatic hydroxyl groups is 1. The molecule has 5 heteroatoms. The fourth-order valence-corrected chi connectivity index (χ4v) is 3.74. The second kappa shape index (κ2) is 6.63. The summed E-state index contributed by atoms with van der Waals surface area (Å²) in [5.74, 6) is 0.661. The maximum absolute atomic E-state index is 12.6. The van der Waals surface area contributed by atoms with Gasteiger partial charge in [0.05, 0.1) is 31.4 Å². The highest BCUT2D eigenvalue weighted by atomic mass is 16.5. The van der Waals surface area contributed by atoms with Gasteiger partial charge in [0.15, 0.2) is 0 Å². The normalized spacial score (nSPS) is 31.1. The lowest BCUT2D eigenvalue weighted by Gasteiger charge is -2.44. The highest BCUT2D eigenvalue weighted by molar-refractivity contribution is 5.78. The van der Waals surface area contributed by atoms with Gasteiger partial charge in [-0.3, -0.25) is 9.69 Å². The Morgan fingerprint density at radius 2 is 2.10 bits per heavy atom. The Morgan fingerprint density at radius 1 is 1.33 bits per heavy atom. The molecule has 0 aromatic heterocycles. The second-order valence-electron chi connectivity index (χ2n) is 6.95. The molecule has 1 heterocycles. The average molecular weight is 296 g/mol. The third-order valence-corrected chi connectivity index (χ3v) is 5.12. The Morgan fingerprint density at radius 3 is 2.86 bits per heavy atom. The number of carbonyl (C=O) groups excluding carboxylic acids is 1. The molecule has 0 radical (unpaired) electrons. The van der Waals surface area contributed by atoms with Gasteiger partial charge in [-0.25, -0.2) is 0 Å². The summed E-state index contributed by atoms with van der Waals surface area (Å²) >= 11 is 0. The van der Waals surface area contributed by atoms with E-state index in [-0.39, 0.29) is 24.2 Å². The van der Waals surface area contributed by atoms with Crippen LogP contribution in [-0.2, 0) is 9.53 Å². The van der Waals surface area contributed by atoms with Crippen LogP contribution in [0.1, 0.15) is 38.5 Å². The number of morpholine rings is 1. The highest BCUT2D eigenvalue weighted by Crippen LogP contribution is 2.33. The van der Waals surface area contributed by atoms with Crippen molar-refractivity contribution in [2.45, 2.75) is 56.8 Å². The monoisotopic (exact) mass is 296 g/mol. The van der Waals surface area contributed by atoms with Crippen LogP contribution in [0.2, 0.25) is 0 Å². The first-order chi connectivity index (χ1) is 10.1. The molecule has 1 N–H and O–H groups in total. The summed E-state index contributed by atoms with van der Waals surface area (Å²) in [6.07, 6.45) is 6.83. The third kappa shape index (κ3) is 3.76. The fourth-order valence-electron chi connectivity index (χ4n) is 3.74. The molecule has 2 saturated carbocycles. The van der Waals surface area contributed by atoms with Gasteiger partial charge in [0.25, 0.3) is 0 Å². The molecular formula is C16H28N2O3. The lowest BCUT2D eigenvalue weighted by Crippen LogP contribution is -2.56.